The molecule has 8 nitrogen and oxygen atoms in total. The van der Waals surface area contributed by atoms with Crippen molar-refractivity contribution in [3.05, 3.63) is 78.6 Å². The van der Waals surface area contributed by atoms with Crippen LogP contribution >= 0.6 is 0 Å². The van der Waals surface area contributed by atoms with Crippen molar-refractivity contribution in [2.45, 2.75) is 45.1 Å². The molecule has 0 bridgehead atoms. The number of hydrogen-bond acceptors (Lipinski definition) is 5. The van der Waals surface area contributed by atoms with E-state index in [0.717, 1.165) is 28.6 Å². The van der Waals surface area contributed by atoms with Crippen molar-refractivity contribution < 1.29 is 9.59 Å². The van der Waals surface area contributed by atoms with Crippen LogP contribution in [-0.4, -0.2) is 73.0 Å². The van der Waals surface area contributed by atoms with Crippen molar-refractivity contribution in [1.29, 1.82) is 0 Å². The lowest BCUT2D eigenvalue weighted by molar-refractivity contribution is -0.205. The first kappa shape index (κ1) is 24.2. The van der Waals surface area contributed by atoms with Crippen LogP contribution < -0.4 is 0 Å². The van der Waals surface area contributed by atoms with Gasteiger partial charge in [-0.3, -0.25) is 9.59 Å². The molecule has 0 N–H and O–H groups in total. The molecule has 3 heterocycles. The molecule has 2 saturated heterocycles. The maximum atomic E-state index is 13.8. The summed E-state index contributed by atoms with van der Waals surface area (Å²) < 4.78 is 1.99. The van der Waals surface area contributed by atoms with Gasteiger partial charge in [0, 0.05) is 26.7 Å². The molecule has 2 aliphatic rings. The maximum Gasteiger partial charge on any atom is 0.245 e. The number of nitrogens with zero attached hydrogens (tertiary/aromatic N) is 6. The van der Waals surface area contributed by atoms with E-state index in [9.17, 15) is 9.59 Å². The van der Waals surface area contributed by atoms with E-state index in [4.69, 9.17) is 0 Å². The average molecular weight is 487 g/mol. The minimum atomic E-state index is -0.464. The van der Waals surface area contributed by atoms with Crippen LogP contribution in [0.1, 0.15) is 30.9 Å². The molecule has 0 saturated carbocycles. The van der Waals surface area contributed by atoms with Gasteiger partial charge in [0.25, 0.3) is 0 Å². The third-order valence-electron chi connectivity index (χ3n) is 7.24. The fourth-order valence-corrected chi connectivity index (χ4v) is 5.53. The minimum Gasteiger partial charge on any atom is -0.334 e. The number of para-hydroxylation sites is 1. The Balaban J connectivity index is 1.51. The Hall–Kier alpha value is -3.49. The molecule has 0 unspecified atom stereocenters. The Bertz CT molecular complexity index is 1260. The van der Waals surface area contributed by atoms with Gasteiger partial charge < -0.3 is 14.4 Å². The lowest BCUT2D eigenvalue weighted by atomic mass is 10.0. The second kappa shape index (κ2) is 10.2. The molecule has 2 aliphatic heterocycles. The summed E-state index contributed by atoms with van der Waals surface area (Å²) in [6.45, 7) is 8.36. The highest BCUT2D eigenvalue weighted by atomic mass is 16.2. The number of rotatable bonds is 8. The topological polar surface area (TPSA) is 64.9 Å². The molecule has 2 amide bonds. The predicted molar refractivity (Wildman–Crippen MR) is 139 cm³/mol. The fraction of sp³-hybridized carbons (Fsp3) is 0.393. The molecule has 5 rings (SSSR count). The van der Waals surface area contributed by atoms with Crippen LogP contribution in [-0.2, 0) is 29.7 Å². The van der Waals surface area contributed by atoms with Gasteiger partial charge in [0.2, 0.25) is 11.8 Å². The van der Waals surface area contributed by atoms with E-state index in [2.05, 4.69) is 40.6 Å². The number of hydrazine groups is 1. The highest BCUT2D eigenvalue weighted by Gasteiger charge is 2.49. The maximum absolute atomic E-state index is 13.8. The second-order valence-electron chi connectivity index (χ2n) is 9.66. The van der Waals surface area contributed by atoms with Crippen LogP contribution in [0.5, 0.6) is 0 Å². The summed E-state index contributed by atoms with van der Waals surface area (Å²) in [6, 6.07) is 15.9. The highest BCUT2D eigenvalue weighted by Crippen LogP contribution is 2.31. The summed E-state index contributed by atoms with van der Waals surface area (Å²) in [5.41, 5.74) is 4.13. The summed E-state index contributed by atoms with van der Waals surface area (Å²) >= 11 is 0. The molecule has 0 radical (unpaired) electrons. The molecule has 1 aromatic heterocycles. The molecule has 2 aromatic carbocycles. The molecule has 2 fully saturated rings. The fourth-order valence-electron chi connectivity index (χ4n) is 5.53. The first-order valence-electron chi connectivity index (χ1n) is 12.7. The van der Waals surface area contributed by atoms with E-state index < -0.39 is 6.04 Å². The third kappa shape index (κ3) is 4.42. The molecule has 188 valence electrons. The van der Waals surface area contributed by atoms with Crippen LogP contribution in [0.25, 0.3) is 11.0 Å². The lowest BCUT2D eigenvalue weighted by Crippen LogP contribution is -2.74. The van der Waals surface area contributed by atoms with Crippen LogP contribution in [0.15, 0.2) is 67.5 Å². The largest absolute Gasteiger partial charge is 0.334 e. The van der Waals surface area contributed by atoms with Gasteiger partial charge in [0.15, 0.2) is 0 Å². The smallest absolute Gasteiger partial charge is 0.245 e. The number of aryl methyl sites for hydroxylation is 1. The molecular formula is C28H34N6O2. The number of aromatic nitrogens is 2. The second-order valence-corrected chi connectivity index (χ2v) is 9.66. The number of fused-ring (bicyclic) bond motifs is 2. The van der Waals surface area contributed by atoms with E-state index in [-0.39, 0.29) is 24.5 Å². The zero-order chi connectivity index (χ0) is 25.2. The predicted octanol–water partition coefficient (Wildman–Crippen LogP) is 3.16. The SMILES string of the molecule is C=CCN1CC(=O)N2[C@@H](CCC)C(=O)N(Cc3cccc4c3ncn4C)C[C@@H]2N1Cc1ccccc1. The van der Waals surface area contributed by atoms with Crippen LogP contribution in [0, 0.1) is 0 Å². The Morgan fingerprint density at radius 1 is 1.08 bits per heavy atom. The molecule has 0 aliphatic carbocycles. The van der Waals surface area contributed by atoms with Crippen LogP contribution in [0.2, 0.25) is 0 Å². The molecule has 8 heteroatoms. The third-order valence-corrected chi connectivity index (χ3v) is 7.24. The summed E-state index contributed by atoms with van der Waals surface area (Å²) in [7, 11) is 1.98. The van der Waals surface area contributed by atoms with E-state index >= 15 is 0 Å². The van der Waals surface area contributed by atoms with Crippen molar-refractivity contribution in [3.63, 3.8) is 0 Å². The Morgan fingerprint density at radius 3 is 2.64 bits per heavy atom. The molecule has 3 aromatic rings. The Morgan fingerprint density at radius 2 is 1.89 bits per heavy atom. The zero-order valence-corrected chi connectivity index (χ0v) is 21.1. The van der Waals surface area contributed by atoms with Crippen molar-refractivity contribution in [2.75, 3.05) is 19.6 Å². The van der Waals surface area contributed by atoms with Gasteiger partial charge in [-0.2, -0.15) is 0 Å². The van der Waals surface area contributed by atoms with Gasteiger partial charge in [0.05, 0.1) is 30.5 Å². The number of carbonyl (C=O) groups excluding carboxylic acids is 2. The molecular weight excluding hydrogens is 452 g/mol. The van der Waals surface area contributed by atoms with Gasteiger partial charge >= 0.3 is 0 Å². The number of carbonyl (C=O) groups is 2. The number of amides is 2. The van der Waals surface area contributed by atoms with Crippen molar-refractivity contribution in [2.24, 2.45) is 7.05 Å². The van der Waals surface area contributed by atoms with E-state index in [0.29, 0.717) is 32.6 Å². The Kier molecular flexibility index (Phi) is 6.89. The van der Waals surface area contributed by atoms with Gasteiger partial charge in [0.1, 0.15) is 12.2 Å². The molecule has 36 heavy (non-hydrogen) atoms. The molecule has 0 spiro atoms. The number of benzene rings is 2. The quantitative estimate of drug-likeness (QED) is 0.458. The zero-order valence-electron chi connectivity index (χ0n) is 21.1. The van der Waals surface area contributed by atoms with E-state index in [1.54, 1.807) is 0 Å². The summed E-state index contributed by atoms with van der Waals surface area (Å²) in [5.74, 6) is 0.0238. The lowest BCUT2D eigenvalue weighted by Gasteiger charge is -2.55. The van der Waals surface area contributed by atoms with Crippen LogP contribution in [0.3, 0.4) is 0 Å². The number of hydrogen-bond donors (Lipinski definition) is 0. The van der Waals surface area contributed by atoms with Crippen molar-refractivity contribution >= 4 is 22.8 Å². The summed E-state index contributed by atoms with van der Waals surface area (Å²) in [5, 5.41) is 4.32. The normalized spacial score (nSPS) is 21.3. The van der Waals surface area contributed by atoms with E-state index in [1.807, 2.05) is 70.2 Å². The summed E-state index contributed by atoms with van der Waals surface area (Å²) in [4.78, 5) is 35.6. The standard InChI is InChI=1S/C28H34N6O2/c1-4-10-24-28(36)31(17-22-13-9-14-23-27(22)29-20-30(23)3)18-25-33(16-21-11-7-6-8-12-21)32(15-5-2)19-26(35)34(24)25/h5-9,11-14,20,24-25H,2,4,10,15-19H2,1,3H3/t24-,25+/m0/s1. The molecule has 2 atom stereocenters. The van der Waals surface area contributed by atoms with Crippen LogP contribution in [0.4, 0.5) is 0 Å². The van der Waals surface area contributed by atoms with Gasteiger partial charge in [-0.15, -0.1) is 6.58 Å². The number of piperazine rings is 1. The summed E-state index contributed by atoms with van der Waals surface area (Å²) in [6.07, 6.45) is 4.86. The Labute approximate surface area is 212 Å². The van der Waals surface area contributed by atoms with Crippen molar-refractivity contribution in [1.82, 2.24) is 29.4 Å². The van der Waals surface area contributed by atoms with Gasteiger partial charge in [-0.25, -0.2) is 15.0 Å². The van der Waals surface area contributed by atoms with E-state index in [1.165, 1.54) is 0 Å². The monoisotopic (exact) mass is 486 g/mol. The minimum absolute atomic E-state index is 0.00411. The highest BCUT2D eigenvalue weighted by molar-refractivity contribution is 5.90. The van der Waals surface area contributed by atoms with Crippen molar-refractivity contribution in [3.8, 4) is 0 Å². The number of imidazole rings is 1. The van der Waals surface area contributed by atoms with Gasteiger partial charge in [-0.1, -0.05) is 61.9 Å². The first-order valence-corrected chi connectivity index (χ1v) is 12.7. The first-order chi connectivity index (χ1) is 17.5. The van der Waals surface area contributed by atoms with Gasteiger partial charge in [-0.05, 0) is 23.6 Å². The average Bonchev–Trinajstić information content (AvgIpc) is 3.26.